The number of carbonyl (C=O) groups is 1. The lowest BCUT2D eigenvalue weighted by molar-refractivity contribution is 0.0692. The molecule has 0 saturated carbocycles. The summed E-state index contributed by atoms with van der Waals surface area (Å²) in [5.41, 5.74) is -0.867. The first kappa shape index (κ1) is 17.2. The van der Waals surface area contributed by atoms with Crippen molar-refractivity contribution in [2.75, 3.05) is 24.3 Å². The number of carboxylic acid groups (broad SMARTS) is 1. The van der Waals surface area contributed by atoms with Gasteiger partial charge in [0.15, 0.2) is 0 Å². The van der Waals surface area contributed by atoms with E-state index in [4.69, 9.17) is 9.84 Å². The van der Waals surface area contributed by atoms with Crippen LogP contribution in [0, 0.1) is 5.82 Å². The Balaban J connectivity index is 3.06. The van der Waals surface area contributed by atoms with Crippen molar-refractivity contribution < 1.29 is 31.8 Å². The van der Waals surface area contributed by atoms with Gasteiger partial charge in [0.25, 0.3) is 0 Å². The van der Waals surface area contributed by atoms with Crippen molar-refractivity contribution in [3.05, 3.63) is 23.5 Å². The topological polar surface area (TPSA) is 92.7 Å². The van der Waals surface area contributed by atoms with E-state index in [9.17, 15) is 22.0 Å². The summed E-state index contributed by atoms with van der Waals surface area (Å²) < 4.78 is 55.9. The third-order valence-corrected chi connectivity index (χ3v) is 3.94. The van der Waals surface area contributed by atoms with Gasteiger partial charge in [-0.2, -0.15) is 0 Å². The van der Waals surface area contributed by atoms with E-state index in [1.54, 1.807) is 0 Å². The highest BCUT2D eigenvalue weighted by molar-refractivity contribution is 7.92. The van der Waals surface area contributed by atoms with Gasteiger partial charge in [0.05, 0.1) is 30.8 Å². The molecular weight excluding hydrogens is 308 g/mol. The Hall–Kier alpha value is -1.90. The second-order valence-electron chi connectivity index (χ2n) is 4.15. The molecule has 0 bridgehead atoms. The zero-order valence-electron chi connectivity index (χ0n) is 11.2. The number of anilines is 1. The molecule has 118 valence electrons. The van der Waals surface area contributed by atoms with Crippen LogP contribution in [0.5, 0.6) is 5.75 Å². The fourth-order valence-corrected chi connectivity index (χ4v) is 2.75. The zero-order valence-corrected chi connectivity index (χ0v) is 12.0. The first-order valence-corrected chi connectivity index (χ1v) is 7.63. The van der Waals surface area contributed by atoms with E-state index in [0.717, 1.165) is 12.1 Å². The molecule has 6 nitrogen and oxygen atoms in total. The van der Waals surface area contributed by atoms with E-state index in [1.807, 2.05) is 0 Å². The van der Waals surface area contributed by atoms with Crippen LogP contribution in [0.15, 0.2) is 12.1 Å². The van der Waals surface area contributed by atoms with Crippen LogP contribution in [0.4, 0.5) is 14.5 Å². The number of unbranched alkanes of at least 4 members (excludes halogenated alkanes) is 1. The van der Waals surface area contributed by atoms with Gasteiger partial charge < -0.3 is 9.84 Å². The summed E-state index contributed by atoms with van der Waals surface area (Å²) in [7, 11) is -2.62. The smallest absolute Gasteiger partial charge is 0.338 e. The molecule has 0 radical (unpaired) electrons. The third-order valence-electron chi connectivity index (χ3n) is 2.58. The number of benzene rings is 1. The number of ether oxygens (including phenoxy) is 1. The number of nitrogens with one attached hydrogen (secondary N) is 1. The molecule has 0 saturated heterocycles. The van der Waals surface area contributed by atoms with Gasteiger partial charge in [0.1, 0.15) is 11.6 Å². The van der Waals surface area contributed by atoms with E-state index in [-0.39, 0.29) is 30.0 Å². The van der Waals surface area contributed by atoms with Crippen molar-refractivity contribution in [2.45, 2.75) is 12.8 Å². The molecule has 0 aliphatic heterocycles. The van der Waals surface area contributed by atoms with Crippen LogP contribution in [0.1, 0.15) is 23.2 Å². The Morgan fingerprint density at radius 3 is 2.57 bits per heavy atom. The summed E-state index contributed by atoms with van der Waals surface area (Å²) in [4.78, 5) is 10.9. The number of aromatic carboxylic acids is 1. The van der Waals surface area contributed by atoms with Crippen molar-refractivity contribution in [3.8, 4) is 5.75 Å². The fraction of sp³-hybridized carbons (Fsp3) is 0.417. The van der Waals surface area contributed by atoms with Gasteiger partial charge in [-0.05, 0) is 18.9 Å². The predicted molar refractivity (Wildman–Crippen MR) is 72.5 cm³/mol. The quantitative estimate of drug-likeness (QED) is 0.714. The van der Waals surface area contributed by atoms with Crippen LogP contribution < -0.4 is 9.46 Å². The Bertz CT molecular complexity index is 618. The number of hydrogen-bond donors (Lipinski definition) is 2. The molecule has 0 heterocycles. The van der Waals surface area contributed by atoms with Crippen LogP contribution in [-0.4, -0.2) is 39.0 Å². The largest absolute Gasteiger partial charge is 0.494 e. The van der Waals surface area contributed by atoms with Gasteiger partial charge >= 0.3 is 5.97 Å². The zero-order chi connectivity index (χ0) is 16.0. The number of hydrogen-bond acceptors (Lipinski definition) is 4. The summed E-state index contributed by atoms with van der Waals surface area (Å²) in [6.45, 7) is -0.626. The third kappa shape index (κ3) is 4.85. The molecule has 0 fully saturated rings. The molecule has 2 N–H and O–H groups in total. The maximum atomic E-state index is 13.5. The SMILES string of the molecule is COc1cc(F)c(C(=O)O)cc1NS(=O)(=O)CCCCF. The summed E-state index contributed by atoms with van der Waals surface area (Å²) in [6.07, 6.45) is 0.211. The van der Waals surface area contributed by atoms with E-state index in [1.165, 1.54) is 7.11 Å². The molecule has 9 heteroatoms. The molecule has 21 heavy (non-hydrogen) atoms. The van der Waals surface area contributed by atoms with E-state index in [0.29, 0.717) is 0 Å². The number of carboxylic acids is 1. The molecule has 1 aromatic carbocycles. The Morgan fingerprint density at radius 1 is 1.38 bits per heavy atom. The van der Waals surface area contributed by atoms with E-state index >= 15 is 0 Å². The van der Waals surface area contributed by atoms with Crippen LogP contribution in [-0.2, 0) is 10.0 Å². The molecule has 0 amide bonds. The van der Waals surface area contributed by atoms with Crippen molar-refractivity contribution >= 4 is 21.7 Å². The lowest BCUT2D eigenvalue weighted by Gasteiger charge is -2.13. The highest BCUT2D eigenvalue weighted by atomic mass is 32.2. The highest BCUT2D eigenvalue weighted by Gasteiger charge is 2.19. The van der Waals surface area contributed by atoms with Gasteiger partial charge in [-0.1, -0.05) is 0 Å². The fourth-order valence-electron chi connectivity index (χ4n) is 1.57. The standard InChI is InChI=1S/C12H15F2NO5S/c1-20-11-7-9(14)8(12(16)17)6-10(11)15-21(18,19)5-3-2-4-13/h6-7,15H,2-5H2,1H3,(H,16,17). The van der Waals surface area contributed by atoms with Crippen LogP contribution >= 0.6 is 0 Å². The van der Waals surface area contributed by atoms with Gasteiger partial charge in [0, 0.05) is 6.07 Å². The number of halogens is 2. The van der Waals surface area contributed by atoms with Crippen molar-refractivity contribution in [1.82, 2.24) is 0 Å². The normalized spacial score (nSPS) is 11.2. The molecule has 0 spiro atoms. The highest BCUT2D eigenvalue weighted by Crippen LogP contribution is 2.29. The van der Waals surface area contributed by atoms with Gasteiger partial charge in [-0.3, -0.25) is 9.11 Å². The molecule has 0 unspecified atom stereocenters. The number of sulfonamides is 1. The lowest BCUT2D eigenvalue weighted by atomic mass is 10.2. The Morgan fingerprint density at radius 2 is 2.05 bits per heavy atom. The summed E-state index contributed by atoms with van der Waals surface area (Å²) in [5, 5.41) is 8.83. The van der Waals surface area contributed by atoms with E-state index in [2.05, 4.69) is 4.72 Å². The first-order chi connectivity index (χ1) is 9.80. The number of rotatable bonds is 8. The summed E-state index contributed by atoms with van der Waals surface area (Å²) in [6, 6.07) is 1.62. The average molecular weight is 323 g/mol. The molecule has 0 aliphatic carbocycles. The Labute approximate surface area is 120 Å². The maximum absolute atomic E-state index is 13.5. The number of alkyl halides is 1. The van der Waals surface area contributed by atoms with Gasteiger partial charge in [-0.25, -0.2) is 17.6 Å². The summed E-state index contributed by atoms with van der Waals surface area (Å²) >= 11 is 0. The lowest BCUT2D eigenvalue weighted by Crippen LogP contribution is -2.18. The minimum Gasteiger partial charge on any atom is -0.494 e. The predicted octanol–water partition coefficient (Wildman–Crippen LogP) is 2.02. The van der Waals surface area contributed by atoms with Gasteiger partial charge in [0.2, 0.25) is 10.0 Å². The maximum Gasteiger partial charge on any atom is 0.338 e. The Kier molecular flexibility index (Phi) is 5.89. The second kappa shape index (κ2) is 7.21. The molecule has 0 aliphatic rings. The van der Waals surface area contributed by atoms with Crippen molar-refractivity contribution in [1.29, 1.82) is 0 Å². The molecule has 1 aromatic rings. The van der Waals surface area contributed by atoms with Crippen LogP contribution in [0.3, 0.4) is 0 Å². The monoisotopic (exact) mass is 323 g/mol. The minimum atomic E-state index is -3.81. The van der Waals surface area contributed by atoms with Crippen LogP contribution in [0.25, 0.3) is 0 Å². The molecule has 0 aromatic heterocycles. The second-order valence-corrected chi connectivity index (χ2v) is 6.00. The molecular formula is C12H15F2NO5S. The molecule has 0 atom stereocenters. The number of methoxy groups -OCH3 is 1. The minimum absolute atomic E-state index is 0.0990. The first-order valence-electron chi connectivity index (χ1n) is 5.98. The van der Waals surface area contributed by atoms with Crippen LogP contribution in [0.2, 0.25) is 0 Å². The average Bonchev–Trinajstić information content (AvgIpc) is 2.39. The van der Waals surface area contributed by atoms with Crippen molar-refractivity contribution in [2.24, 2.45) is 0 Å². The van der Waals surface area contributed by atoms with E-state index < -0.39 is 34.0 Å². The molecule has 1 rings (SSSR count). The van der Waals surface area contributed by atoms with Crippen molar-refractivity contribution in [3.63, 3.8) is 0 Å². The van der Waals surface area contributed by atoms with Gasteiger partial charge in [-0.15, -0.1) is 0 Å². The summed E-state index contributed by atoms with van der Waals surface area (Å²) in [5.74, 6) is -3.06.